The molecule has 0 N–H and O–H groups in total. The lowest BCUT2D eigenvalue weighted by Crippen LogP contribution is -2.56. The van der Waals surface area contributed by atoms with E-state index in [0.29, 0.717) is 32.8 Å². The van der Waals surface area contributed by atoms with Crippen LogP contribution in [0, 0.1) is 5.92 Å². The minimum Gasteiger partial charge on any atom is -0.296 e. The molecule has 0 aromatic rings. The molecule has 166 valence electrons. The Hall–Kier alpha value is -2.18. The summed E-state index contributed by atoms with van der Waals surface area (Å²) < 4.78 is 0. The van der Waals surface area contributed by atoms with Gasteiger partial charge in [-0.05, 0) is 25.7 Å². The Morgan fingerprint density at radius 2 is 1.33 bits per heavy atom. The van der Waals surface area contributed by atoms with E-state index in [1.165, 1.54) is 11.3 Å². The van der Waals surface area contributed by atoms with Gasteiger partial charge in [0.05, 0.1) is 13.3 Å². The lowest BCUT2D eigenvalue weighted by molar-refractivity contribution is -0.137. The number of urea groups is 1. The summed E-state index contributed by atoms with van der Waals surface area (Å²) in [6.07, 6.45) is 12.6. The average molecular weight is 415 g/mol. The van der Waals surface area contributed by atoms with Crippen molar-refractivity contribution < 1.29 is 9.59 Å². The quantitative estimate of drug-likeness (QED) is 0.339. The molecule has 3 amide bonds. The van der Waals surface area contributed by atoms with Gasteiger partial charge in [-0.25, -0.2) is 9.69 Å². The molecule has 0 radical (unpaired) electrons. The Morgan fingerprint density at radius 3 is 1.80 bits per heavy atom. The van der Waals surface area contributed by atoms with Gasteiger partial charge in [-0.2, -0.15) is 0 Å². The monoisotopic (exact) mass is 414 g/mol. The van der Waals surface area contributed by atoms with Gasteiger partial charge in [0.1, 0.15) is 5.54 Å². The van der Waals surface area contributed by atoms with Crippen LogP contribution in [0.5, 0.6) is 0 Å². The predicted octanol–water partition coefficient (Wildman–Crippen LogP) is 3.85. The standard InChI is InChI=1S/C24H38N4O2/c1-6-15-25(16-7-2)19-27-22(29)24(5,21-13-11-10-12-14-21)28(23(27)30)20-26(17-8-3)18-9-4/h6-9,21H,1-4,10-20H2,5H3. The van der Waals surface area contributed by atoms with Crippen LogP contribution in [0.1, 0.15) is 39.0 Å². The van der Waals surface area contributed by atoms with Crippen LogP contribution in [-0.4, -0.2) is 76.6 Å². The van der Waals surface area contributed by atoms with E-state index in [1.807, 2.05) is 24.0 Å². The lowest BCUT2D eigenvalue weighted by Gasteiger charge is -2.42. The zero-order valence-electron chi connectivity index (χ0n) is 18.6. The molecule has 0 aromatic carbocycles. The minimum absolute atomic E-state index is 0.0883. The summed E-state index contributed by atoms with van der Waals surface area (Å²) >= 11 is 0. The van der Waals surface area contributed by atoms with E-state index in [1.54, 1.807) is 17.1 Å². The summed E-state index contributed by atoms with van der Waals surface area (Å²) in [5.74, 6) is 0.0870. The van der Waals surface area contributed by atoms with Crippen LogP contribution in [0.4, 0.5) is 4.79 Å². The van der Waals surface area contributed by atoms with E-state index < -0.39 is 5.54 Å². The maximum atomic E-state index is 13.7. The first-order valence-corrected chi connectivity index (χ1v) is 11.0. The lowest BCUT2D eigenvalue weighted by atomic mass is 9.75. The number of hydrogen-bond acceptors (Lipinski definition) is 4. The smallest absolute Gasteiger partial charge is 0.296 e. The number of amides is 3. The van der Waals surface area contributed by atoms with Crippen molar-refractivity contribution in [3.8, 4) is 0 Å². The zero-order valence-corrected chi connectivity index (χ0v) is 18.6. The van der Waals surface area contributed by atoms with Crippen molar-refractivity contribution in [3.63, 3.8) is 0 Å². The fraction of sp³-hybridized carbons (Fsp3) is 0.583. The fourth-order valence-corrected chi connectivity index (χ4v) is 4.72. The third kappa shape index (κ3) is 5.10. The molecule has 2 rings (SSSR count). The van der Waals surface area contributed by atoms with Crippen LogP contribution < -0.4 is 0 Å². The van der Waals surface area contributed by atoms with Gasteiger partial charge in [0.2, 0.25) is 0 Å². The van der Waals surface area contributed by atoms with Crippen molar-refractivity contribution in [2.75, 3.05) is 39.5 Å². The van der Waals surface area contributed by atoms with Gasteiger partial charge in [0.25, 0.3) is 5.91 Å². The largest absolute Gasteiger partial charge is 0.329 e. The van der Waals surface area contributed by atoms with Crippen LogP contribution in [-0.2, 0) is 4.79 Å². The number of carbonyl (C=O) groups is 2. The number of imide groups is 1. The molecule has 2 aliphatic rings. The third-order valence-corrected chi connectivity index (χ3v) is 6.33. The molecule has 1 saturated heterocycles. The molecular formula is C24H38N4O2. The van der Waals surface area contributed by atoms with Gasteiger partial charge in [-0.3, -0.25) is 19.5 Å². The average Bonchev–Trinajstić information content (AvgIpc) is 2.91. The van der Waals surface area contributed by atoms with Crippen LogP contribution >= 0.6 is 0 Å². The van der Waals surface area contributed by atoms with Crippen LogP contribution in [0.3, 0.4) is 0 Å². The molecule has 6 nitrogen and oxygen atoms in total. The van der Waals surface area contributed by atoms with Crippen molar-refractivity contribution in [3.05, 3.63) is 50.6 Å². The minimum atomic E-state index is -0.827. The Labute approximate surface area is 182 Å². The van der Waals surface area contributed by atoms with Gasteiger partial charge >= 0.3 is 6.03 Å². The fourth-order valence-electron chi connectivity index (χ4n) is 4.72. The highest BCUT2D eigenvalue weighted by Crippen LogP contribution is 2.42. The Kier molecular flexibility index (Phi) is 9.06. The SMILES string of the molecule is C=CCN(CC=C)CN1C(=O)N(CN(CC=C)CC=C)C(C)(C2CCCCC2)C1=O. The molecule has 1 heterocycles. The van der Waals surface area contributed by atoms with Gasteiger partial charge in [0, 0.05) is 26.2 Å². The van der Waals surface area contributed by atoms with Crippen molar-refractivity contribution in [1.29, 1.82) is 0 Å². The Bertz CT molecular complexity index is 636. The van der Waals surface area contributed by atoms with E-state index >= 15 is 0 Å². The summed E-state index contributed by atoms with van der Waals surface area (Å²) in [6, 6.07) is -0.218. The van der Waals surface area contributed by atoms with E-state index in [4.69, 9.17) is 0 Å². The number of nitrogens with zero attached hydrogens (tertiary/aromatic N) is 4. The topological polar surface area (TPSA) is 47.1 Å². The molecule has 0 spiro atoms. The first-order chi connectivity index (χ1) is 14.4. The molecule has 0 aromatic heterocycles. The highest BCUT2D eigenvalue weighted by Gasteiger charge is 2.58. The third-order valence-electron chi connectivity index (χ3n) is 6.33. The van der Waals surface area contributed by atoms with Gasteiger partial charge in [0.15, 0.2) is 0 Å². The maximum Gasteiger partial charge on any atom is 0.329 e. The molecule has 1 atom stereocenters. The molecule has 1 aliphatic carbocycles. The molecule has 1 aliphatic heterocycles. The van der Waals surface area contributed by atoms with Gasteiger partial charge in [-0.15, -0.1) is 26.3 Å². The second kappa shape index (κ2) is 11.3. The normalized spacial score (nSPS) is 22.8. The van der Waals surface area contributed by atoms with Crippen molar-refractivity contribution in [1.82, 2.24) is 19.6 Å². The second-order valence-electron chi connectivity index (χ2n) is 8.44. The summed E-state index contributed by atoms with van der Waals surface area (Å²) in [5, 5.41) is 0. The van der Waals surface area contributed by atoms with E-state index in [9.17, 15) is 9.59 Å². The highest BCUT2D eigenvalue weighted by atomic mass is 16.2. The molecule has 2 fully saturated rings. The molecule has 6 heteroatoms. The van der Waals surface area contributed by atoms with E-state index in [2.05, 4.69) is 31.2 Å². The summed E-state index contributed by atoms with van der Waals surface area (Å²) in [4.78, 5) is 34.5. The van der Waals surface area contributed by atoms with Crippen LogP contribution in [0.25, 0.3) is 0 Å². The van der Waals surface area contributed by atoms with Crippen molar-refractivity contribution in [2.24, 2.45) is 5.92 Å². The number of rotatable bonds is 13. The van der Waals surface area contributed by atoms with E-state index in [-0.39, 0.29) is 24.5 Å². The number of hydrogen-bond donors (Lipinski definition) is 0. The molecule has 0 bridgehead atoms. The van der Waals surface area contributed by atoms with Crippen molar-refractivity contribution in [2.45, 2.75) is 44.6 Å². The van der Waals surface area contributed by atoms with Gasteiger partial charge in [-0.1, -0.05) is 43.6 Å². The highest BCUT2D eigenvalue weighted by molar-refractivity contribution is 6.07. The van der Waals surface area contributed by atoms with Crippen LogP contribution in [0.2, 0.25) is 0 Å². The van der Waals surface area contributed by atoms with Crippen molar-refractivity contribution >= 4 is 11.9 Å². The molecule has 1 unspecified atom stereocenters. The summed E-state index contributed by atoms with van der Waals surface area (Å²) in [7, 11) is 0. The first kappa shape index (κ1) is 24.1. The Morgan fingerprint density at radius 1 is 0.867 bits per heavy atom. The van der Waals surface area contributed by atoms with E-state index in [0.717, 1.165) is 25.7 Å². The Balaban J connectivity index is 2.36. The molecule has 30 heavy (non-hydrogen) atoms. The predicted molar refractivity (Wildman–Crippen MR) is 123 cm³/mol. The van der Waals surface area contributed by atoms with Gasteiger partial charge < -0.3 is 0 Å². The summed E-state index contributed by atoms with van der Waals surface area (Å²) in [6.45, 7) is 20.3. The van der Waals surface area contributed by atoms with Crippen LogP contribution in [0.15, 0.2) is 50.6 Å². The first-order valence-electron chi connectivity index (χ1n) is 11.0. The summed E-state index contributed by atoms with van der Waals surface area (Å²) in [5.41, 5.74) is -0.827. The second-order valence-corrected chi connectivity index (χ2v) is 8.44. The zero-order chi connectivity index (χ0) is 22.1. The number of carbonyl (C=O) groups excluding carboxylic acids is 2. The molecule has 1 saturated carbocycles. The molecular weight excluding hydrogens is 376 g/mol. The maximum absolute atomic E-state index is 13.7.